The van der Waals surface area contributed by atoms with Crippen molar-refractivity contribution in [3.63, 3.8) is 0 Å². The van der Waals surface area contributed by atoms with Crippen LogP contribution in [0.2, 0.25) is 0 Å². The van der Waals surface area contributed by atoms with Gasteiger partial charge in [-0.3, -0.25) is 58.1 Å². The molecule has 0 aliphatic carbocycles. The Morgan fingerprint density at radius 1 is 0.426 bits per heavy atom. The van der Waals surface area contributed by atoms with E-state index in [1.807, 2.05) is 79.7 Å². The van der Waals surface area contributed by atoms with Gasteiger partial charge in [0.05, 0.1) is 51.6 Å². The number of methoxy groups -OCH3 is 2. The standard InChI is InChI=1S/C84H94FN9O14/c1-46(2)24-68(92-21-18-49(7)27-71(92)95)82(104)90-66(38-75(100)101)59-35-62(44-87-41-59)78-50(8)14-16-56(80(78)107-12)31-55-20-23-94(73(97)33-55)70(26-48(5)6)84(106)91-67(39-76(102)103)60-36-63(45-88-42-60)79-51(9)15-17-57(81(79)108-13)30-54-19-22-93(72(96)32-54)69(25-47(3)4)83(105)89-65(37-74(98)99)58-34-61(43-86-40-58)77-52(10)28-64(85)29-53(77)11/h14-23,27-29,32-36,40-48,65-70H,24-26,30-31,37-39H2,1-13H3,(H,89,105)(H,90,104)(H,91,106)(H,98,99)(H,100,101)(H,102,103)/t65-,66-,67-,68-,69-,70+/m0/s1. The van der Waals surface area contributed by atoms with E-state index in [9.17, 15) is 62.9 Å². The summed E-state index contributed by atoms with van der Waals surface area (Å²) in [6.07, 6.45) is 13.5. The normalized spacial score (nSPS) is 13.1. The van der Waals surface area contributed by atoms with E-state index in [2.05, 4.69) is 30.9 Å². The van der Waals surface area contributed by atoms with Crippen molar-refractivity contribution in [2.75, 3.05) is 14.2 Å². The van der Waals surface area contributed by atoms with Gasteiger partial charge in [0.15, 0.2) is 0 Å². The summed E-state index contributed by atoms with van der Waals surface area (Å²) in [5.74, 6) is -4.97. The molecule has 0 saturated carbocycles. The second-order valence-corrected chi connectivity index (χ2v) is 29.1. The first-order valence-electron chi connectivity index (χ1n) is 35.9. The number of amides is 3. The molecule has 6 N–H and O–H groups in total. The lowest BCUT2D eigenvalue weighted by atomic mass is 9.92. The highest BCUT2D eigenvalue weighted by atomic mass is 19.1. The molecule has 6 atom stereocenters. The first kappa shape index (κ1) is 80.4. The number of aryl methyl sites for hydroxylation is 5. The monoisotopic (exact) mass is 1470 g/mol. The molecule has 9 rings (SSSR count). The minimum atomic E-state index is -1.22. The number of hydrogen-bond donors (Lipinski definition) is 6. The minimum absolute atomic E-state index is 0.00910. The lowest BCUT2D eigenvalue weighted by Crippen LogP contribution is -2.40. The molecule has 0 spiro atoms. The Labute approximate surface area is 626 Å². The Balaban J connectivity index is 0.938. The molecule has 566 valence electrons. The lowest BCUT2D eigenvalue weighted by Gasteiger charge is -2.25. The summed E-state index contributed by atoms with van der Waals surface area (Å²) >= 11 is 0. The van der Waals surface area contributed by atoms with Gasteiger partial charge in [-0.15, -0.1) is 0 Å². The van der Waals surface area contributed by atoms with Crippen LogP contribution in [-0.2, 0) is 41.6 Å². The van der Waals surface area contributed by atoms with Crippen LogP contribution in [0.25, 0.3) is 33.4 Å². The average molecular weight is 1470 g/mol. The number of nitrogens with zero attached hydrogens (tertiary/aromatic N) is 6. The van der Waals surface area contributed by atoms with Crippen molar-refractivity contribution in [1.29, 1.82) is 0 Å². The third-order valence-electron chi connectivity index (χ3n) is 19.2. The summed E-state index contributed by atoms with van der Waals surface area (Å²) < 4.78 is 30.6. The van der Waals surface area contributed by atoms with Gasteiger partial charge in [0.1, 0.15) is 35.4 Å². The van der Waals surface area contributed by atoms with Crippen LogP contribution in [0, 0.1) is 58.2 Å². The van der Waals surface area contributed by atoms with Gasteiger partial charge in [0, 0.05) is 115 Å². The second-order valence-electron chi connectivity index (χ2n) is 29.1. The average Bonchev–Trinajstić information content (AvgIpc) is 0.787. The predicted molar refractivity (Wildman–Crippen MR) is 408 cm³/mol. The molecule has 0 fully saturated rings. The molecule has 108 heavy (non-hydrogen) atoms. The maximum atomic E-state index is 14.8. The number of ether oxygens (including phenoxy) is 2. The van der Waals surface area contributed by atoms with Gasteiger partial charge in [0.2, 0.25) is 17.7 Å². The van der Waals surface area contributed by atoms with Crippen LogP contribution in [0.3, 0.4) is 0 Å². The van der Waals surface area contributed by atoms with Crippen molar-refractivity contribution < 1.29 is 58.0 Å². The van der Waals surface area contributed by atoms with Crippen molar-refractivity contribution in [1.82, 2.24) is 44.6 Å². The number of benzene rings is 3. The molecular formula is C84H94FN9O14. The number of carboxylic acids is 3. The van der Waals surface area contributed by atoms with Crippen LogP contribution in [0.15, 0.2) is 161 Å². The number of halogens is 1. The number of aromatic nitrogens is 6. The van der Waals surface area contributed by atoms with E-state index in [0.717, 1.165) is 22.3 Å². The first-order valence-corrected chi connectivity index (χ1v) is 35.9. The van der Waals surface area contributed by atoms with Crippen LogP contribution >= 0.6 is 0 Å². The summed E-state index contributed by atoms with van der Waals surface area (Å²) in [6.45, 7) is 20.5. The number of pyridine rings is 6. The lowest BCUT2D eigenvalue weighted by molar-refractivity contribution is -0.139. The fourth-order valence-electron chi connectivity index (χ4n) is 14.2. The molecule has 24 heteroatoms. The Hall–Kier alpha value is -11.7. The molecule has 23 nitrogen and oxygen atoms in total. The van der Waals surface area contributed by atoms with Gasteiger partial charge in [-0.05, 0) is 192 Å². The van der Waals surface area contributed by atoms with Crippen LogP contribution in [-0.4, -0.2) is 93.8 Å². The van der Waals surface area contributed by atoms with Gasteiger partial charge in [-0.1, -0.05) is 65.8 Å². The Bertz CT molecular complexity index is 5020. The number of nitrogens with one attached hydrogen (secondary N) is 3. The van der Waals surface area contributed by atoms with E-state index < -0.39 is 108 Å². The van der Waals surface area contributed by atoms with Crippen molar-refractivity contribution in [3.8, 4) is 44.9 Å². The van der Waals surface area contributed by atoms with E-state index in [1.54, 1.807) is 94.4 Å². The zero-order chi connectivity index (χ0) is 78.5. The topological polar surface area (TPSA) is 322 Å². The largest absolute Gasteiger partial charge is 0.496 e. The van der Waals surface area contributed by atoms with E-state index in [0.29, 0.717) is 95.8 Å². The van der Waals surface area contributed by atoms with E-state index in [4.69, 9.17) is 9.47 Å². The van der Waals surface area contributed by atoms with Gasteiger partial charge >= 0.3 is 17.9 Å². The van der Waals surface area contributed by atoms with E-state index in [1.165, 1.54) is 76.8 Å². The van der Waals surface area contributed by atoms with Crippen molar-refractivity contribution >= 4 is 35.6 Å². The van der Waals surface area contributed by atoms with Crippen LogP contribution in [0.4, 0.5) is 4.39 Å². The number of carbonyl (C=O) groups is 6. The summed E-state index contributed by atoms with van der Waals surface area (Å²) in [4.78, 5) is 136. The Morgan fingerprint density at radius 3 is 1.06 bits per heavy atom. The fraction of sp³-hybridized carbons (Fsp3) is 0.357. The van der Waals surface area contributed by atoms with Crippen LogP contribution in [0.5, 0.6) is 11.5 Å². The molecule has 0 saturated heterocycles. The molecule has 6 heterocycles. The summed E-state index contributed by atoms with van der Waals surface area (Å²) in [7, 11) is 3.02. The maximum absolute atomic E-state index is 14.8. The van der Waals surface area contributed by atoms with Gasteiger partial charge in [-0.25, -0.2) is 4.39 Å². The Morgan fingerprint density at radius 2 is 0.750 bits per heavy atom. The fourth-order valence-corrected chi connectivity index (χ4v) is 14.2. The second kappa shape index (κ2) is 35.6. The third-order valence-corrected chi connectivity index (χ3v) is 19.2. The van der Waals surface area contributed by atoms with Gasteiger partial charge in [0.25, 0.3) is 16.7 Å². The number of carbonyl (C=O) groups excluding carboxylic acids is 3. The highest BCUT2D eigenvalue weighted by Crippen LogP contribution is 2.41. The third kappa shape index (κ3) is 19.9. The number of carboxylic acid groups (broad SMARTS) is 3. The molecule has 0 bridgehead atoms. The van der Waals surface area contributed by atoms with Crippen molar-refractivity contribution in [3.05, 3.63) is 250 Å². The number of hydrogen-bond acceptors (Lipinski definition) is 14. The Kier molecular flexibility index (Phi) is 26.5. The van der Waals surface area contributed by atoms with Gasteiger partial charge in [-0.2, -0.15) is 0 Å². The molecule has 0 aliphatic heterocycles. The molecule has 0 aliphatic rings. The SMILES string of the molecule is COc1c(Cc2ccn([C@@H](CC(C)C)C(=O)N[C@@H](CC(=O)O)c3cncc(-c4c(C)cc(F)cc4C)c3)c(=O)c2)ccc(C)c1-c1cncc([C@H](CC(=O)O)NC(=O)[C@@H](CC(C)C)n2ccc(Cc3ccc(C)c(-c4cncc([C@H](CC(=O)O)NC(=O)[C@H](CC(C)C)n5ccc(C)cc5=O)c4)c3OC)cc2=O)c1. The smallest absolute Gasteiger partial charge is 0.305 e. The minimum Gasteiger partial charge on any atom is -0.496 e. The highest BCUT2D eigenvalue weighted by molar-refractivity contribution is 5.85. The molecule has 0 radical (unpaired) electrons. The predicted octanol–water partition coefficient (Wildman–Crippen LogP) is 13.0. The number of aliphatic carboxylic acids is 3. The number of rotatable bonds is 33. The van der Waals surface area contributed by atoms with Crippen LogP contribution < -0.4 is 42.1 Å². The molecule has 6 aromatic heterocycles. The molecule has 9 aromatic rings. The zero-order valence-electron chi connectivity index (χ0n) is 63.1. The molecular weight excluding hydrogens is 1380 g/mol. The van der Waals surface area contributed by atoms with Crippen molar-refractivity contribution in [2.24, 2.45) is 17.8 Å². The van der Waals surface area contributed by atoms with Crippen molar-refractivity contribution in [2.45, 2.75) is 164 Å². The summed E-state index contributed by atoms with van der Waals surface area (Å²) in [6, 6.07) is 18.7. The summed E-state index contributed by atoms with van der Waals surface area (Å²) in [5.41, 5.74) is 9.57. The van der Waals surface area contributed by atoms with Gasteiger partial charge < -0.3 is 54.4 Å². The first-order chi connectivity index (χ1) is 51.3. The molecule has 3 amide bonds. The quantitative estimate of drug-likeness (QED) is 0.0223. The highest BCUT2D eigenvalue weighted by Gasteiger charge is 2.32. The van der Waals surface area contributed by atoms with E-state index >= 15 is 0 Å². The summed E-state index contributed by atoms with van der Waals surface area (Å²) in [5, 5.41) is 39.3. The molecule has 3 aromatic carbocycles. The molecule has 0 unspecified atom stereocenters. The van der Waals surface area contributed by atoms with E-state index in [-0.39, 0.29) is 49.0 Å². The zero-order valence-corrected chi connectivity index (χ0v) is 63.1. The van der Waals surface area contributed by atoms with Crippen LogP contribution in [0.1, 0.15) is 183 Å². The maximum Gasteiger partial charge on any atom is 0.305 e.